The molecule has 0 unspecified atom stereocenters. The van der Waals surface area contributed by atoms with E-state index in [9.17, 15) is 4.79 Å². The van der Waals surface area contributed by atoms with Crippen molar-refractivity contribution in [3.05, 3.63) is 24.3 Å². The number of nitrogens with two attached hydrogens (primary N) is 1. The molecule has 0 radical (unpaired) electrons. The highest BCUT2D eigenvalue weighted by Gasteiger charge is 2.32. The first-order valence-electron chi connectivity index (χ1n) is 8.19. The van der Waals surface area contributed by atoms with Gasteiger partial charge in [-0.1, -0.05) is 31.9 Å². The molecule has 1 aliphatic carbocycles. The summed E-state index contributed by atoms with van der Waals surface area (Å²) < 4.78 is 5.68. The van der Waals surface area contributed by atoms with Crippen molar-refractivity contribution in [1.82, 2.24) is 5.32 Å². The Morgan fingerprint density at radius 3 is 2.83 bits per heavy atom. The van der Waals surface area contributed by atoms with Crippen LogP contribution in [0, 0.1) is 5.92 Å². The van der Waals surface area contributed by atoms with E-state index in [0.29, 0.717) is 29.4 Å². The van der Waals surface area contributed by atoms with Crippen molar-refractivity contribution in [2.24, 2.45) is 11.7 Å². The molecule has 2 aliphatic rings. The number of benzene rings is 1. The van der Waals surface area contributed by atoms with E-state index in [0.717, 1.165) is 12.1 Å². The van der Waals surface area contributed by atoms with Crippen molar-refractivity contribution in [2.45, 2.75) is 44.8 Å². The minimum Gasteiger partial charge on any atom is -0.477 e. The van der Waals surface area contributed by atoms with Gasteiger partial charge in [0.15, 0.2) is 11.2 Å². The van der Waals surface area contributed by atoms with Crippen molar-refractivity contribution >= 4 is 28.9 Å². The largest absolute Gasteiger partial charge is 0.477 e. The minimum atomic E-state index is -0.687. The van der Waals surface area contributed by atoms with E-state index in [2.05, 4.69) is 12.2 Å². The second-order valence-electron chi connectivity index (χ2n) is 6.40. The second kappa shape index (κ2) is 6.74. The fraction of sp³-hybridized carbons (Fsp3) is 0.529. The normalized spacial score (nSPS) is 26.8. The molecule has 1 aromatic rings. The number of anilines is 1. The zero-order valence-corrected chi connectivity index (χ0v) is 14.1. The Kier molecular flexibility index (Phi) is 4.71. The molecule has 1 fully saturated rings. The van der Waals surface area contributed by atoms with Crippen molar-refractivity contribution in [3.8, 4) is 5.75 Å². The van der Waals surface area contributed by atoms with Crippen molar-refractivity contribution in [3.63, 3.8) is 0 Å². The lowest BCUT2D eigenvalue weighted by atomic mass is 9.86. The lowest BCUT2D eigenvalue weighted by Crippen LogP contribution is -2.54. The lowest BCUT2D eigenvalue weighted by Gasteiger charge is -2.38. The summed E-state index contributed by atoms with van der Waals surface area (Å²) in [5, 5.41) is 4.13. The van der Waals surface area contributed by atoms with Crippen LogP contribution in [0.1, 0.15) is 32.6 Å². The number of hydrogen-bond acceptors (Lipinski definition) is 3. The number of fused-ring (bicyclic) bond motifs is 1. The van der Waals surface area contributed by atoms with Crippen LogP contribution in [0.2, 0.25) is 0 Å². The molecule has 124 valence electrons. The highest BCUT2D eigenvalue weighted by Crippen LogP contribution is 2.33. The van der Waals surface area contributed by atoms with Crippen LogP contribution in [-0.2, 0) is 4.79 Å². The topological polar surface area (TPSA) is 67.6 Å². The number of nitrogens with one attached hydrogen (secondary N) is 1. The van der Waals surface area contributed by atoms with Gasteiger partial charge in [-0.3, -0.25) is 4.79 Å². The lowest BCUT2D eigenvalue weighted by molar-refractivity contribution is -0.124. The Hall–Kier alpha value is -1.82. The number of carbonyl (C=O) groups is 1. The molecule has 1 amide bonds. The molecule has 1 saturated carbocycles. The first kappa shape index (κ1) is 16.1. The highest BCUT2D eigenvalue weighted by molar-refractivity contribution is 7.80. The summed E-state index contributed by atoms with van der Waals surface area (Å²) in [7, 11) is 0. The van der Waals surface area contributed by atoms with Gasteiger partial charge in [0.2, 0.25) is 0 Å². The van der Waals surface area contributed by atoms with Crippen LogP contribution in [0.5, 0.6) is 5.75 Å². The average molecular weight is 333 g/mol. The van der Waals surface area contributed by atoms with Crippen LogP contribution in [0.4, 0.5) is 5.69 Å². The van der Waals surface area contributed by atoms with E-state index in [1.54, 1.807) is 0 Å². The molecule has 23 heavy (non-hydrogen) atoms. The number of thiocarbonyl (C=S) groups is 1. The SMILES string of the molecule is C[C@@H]1CCCC[C@@H]1NC(=S)N1C[C@H](C(N)=O)Oc2ccccc21. The average Bonchev–Trinajstić information content (AvgIpc) is 2.55. The minimum absolute atomic E-state index is 0.347. The Balaban J connectivity index is 1.79. The summed E-state index contributed by atoms with van der Waals surface area (Å²) in [4.78, 5) is 13.5. The maximum absolute atomic E-state index is 11.6. The molecule has 1 aliphatic heterocycles. The van der Waals surface area contributed by atoms with Gasteiger partial charge in [0.25, 0.3) is 5.91 Å². The number of nitrogens with zero attached hydrogens (tertiary/aromatic N) is 1. The molecular formula is C17H23N3O2S. The molecule has 1 aromatic carbocycles. The summed E-state index contributed by atoms with van der Waals surface area (Å²) in [5.74, 6) is 0.770. The van der Waals surface area contributed by atoms with Gasteiger partial charge in [-0.2, -0.15) is 0 Å². The van der Waals surface area contributed by atoms with E-state index >= 15 is 0 Å². The fourth-order valence-electron chi connectivity index (χ4n) is 3.34. The van der Waals surface area contributed by atoms with Crippen LogP contribution in [0.3, 0.4) is 0 Å². The van der Waals surface area contributed by atoms with E-state index in [1.807, 2.05) is 29.2 Å². The van der Waals surface area contributed by atoms with E-state index in [1.165, 1.54) is 19.3 Å². The van der Waals surface area contributed by atoms with Gasteiger partial charge in [0.05, 0.1) is 12.2 Å². The summed E-state index contributed by atoms with van der Waals surface area (Å²) >= 11 is 5.63. The number of primary amides is 1. The van der Waals surface area contributed by atoms with Crippen LogP contribution in [0.15, 0.2) is 24.3 Å². The molecule has 5 nitrogen and oxygen atoms in total. The summed E-state index contributed by atoms with van der Waals surface area (Å²) in [6.45, 7) is 2.61. The Morgan fingerprint density at radius 2 is 2.09 bits per heavy atom. The number of rotatable bonds is 2. The van der Waals surface area contributed by atoms with Crippen molar-refractivity contribution in [2.75, 3.05) is 11.4 Å². The van der Waals surface area contributed by atoms with Gasteiger partial charge < -0.3 is 20.7 Å². The first-order valence-corrected chi connectivity index (χ1v) is 8.60. The third kappa shape index (κ3) is 3.42. The van der Waals surface area contributed by atoms with Gasteiger partial charge in [-0.15, -0.1) is 0 Å². The van der Waals surface area contributed by atoms with Gasteiger partial charge in [-0.05, 0) is 43.1 Å². The number of para-hydroxylation sites is 2. The van der Waals surface area contributed by atoms with Crippen LogP contribution in [0.25, 0.3) is 0 Å². The molecular weight excluding hydrogens is 310 g/mol. The number of carbonyl (C=O) groups excluding carboxylic acids is 1. The molecule has 3 N–H and O–H groups in total. The van der Waals surface area contributed by atoms with Crippen molar-refractivity contribution in [1.29, 1.82) is 0 Å². The van der Waals surface area contributed by atoms with Crippen LogP contribution < -0.4 is 20.7 Å². The number of ether oxygens (including phenoxy) is 1. The van der Waals surface area contributed by atoms with Crippen LogP contribution >= 0.6 is 12.2 Å². The zero-order valence-electron chi connectivity index (χ0n) is 13.3. The standard InChI is InChI=1S/C17H23N3O2S/c1-11-6-2-3-7-12(11)19-17(23)20-10-15(16(18)21)22-14-9-5-4-8-13(14)20/h4-5,8-9,11-12,15H,2-3,6-7,10H2,1H3,(H2,18,21)(H,19,23)/t11-,12+,15-/m1/s1. The summed E-state index contributed by atoms with van der Waals surface area (Å²) in [5.41, 5.74) is 6.32. The molecule has 1 heterocycles. The van der Waals surface area contributed by atoms with Gasteiger partial charge in [0.1, 0.15) is 5.75 Å². The number of amides is 1. The molecule has 0 saturated heterocycles. The molecule has 0 aromatic heterocycles. The fourth-order valence-corrected chi connectivity index (χ4v) is 3.67. The van der Waals surface area contributed by atoms with Gasteiger partial charge in [0, 0.05) is 6.04 Å². The Labute approximate surface area is 142 Å². The quantitative estimate of drug-likeness (QED) is 0.812. The predicted octanol–water partition coefficient (Wildman–Crippen LogP) is 2.19. The third-order valence-corrected chi connectivity index (χ3v) is 5.09. The van der Waals surface area contributed by atoms with Crippen LogP contribution in [-0.4, -0.2) is 29.7 Å². The first-order chi connectivity index (χ1) is 11.1. The Morgan fingerprint density at radius 1 is 1.35 bits per heavy atom. The van der Waals surface area contributed by atoms with E-state index in [-0.39, 0.29) is 0 Å². The molecule has 0 bridgehead atoms. The molecule has 3 rings (SSSR count). The summed E-state index contributed by atoms with van der Waals surface area (Å²) in [6.07, 6.45) is 4.19. The maximum Gasteiger partial charge on any atom is 0.260 e. The smallest absolute Gasteiger partial charge is 0.260 e. The molecule has 3 atom stereocenters. The maximum atomic E-state index is 11.6. The molecule has 0 spiro atoms. The summed E-state index contributed by atoms with van der Waals surface area (Å²) in [6, 6.07) is 7.98. The van der Waals surface area contributed by atoms with Gasteiger partial charge in [-0.25, -0.2) is 0 Å². The van der Waals surface area contributed by atoms with E-state index < -0.39 is 12.0 Å². The monoisotopic (exact) mass is 333 g/mol. The highest BCUT2D eigenvalue weighted by atomic mass is 32.1. The van der Waals surface area contributed by atoms with Gasteiger partial charge >= 0.3 is 0 Å². The Bertz CT molecular complexity index is 607. The van der Waals surface area contributed by atoms with E-state index in [4.69, 9.17) is 22.7 Å². The number of hydrogen-bond donors (Lipinski definition) is 2. The predicted molar refractivity (Wildman–Crippen MR) is 94.6 cm³/mol. The van der Waals surface area contributed by atoms with Crippen molar-refractivity contribution < 1.29 is 9.53 Å². The third-order valence-electron chi connectivity index (χ3n) is 4.76. The second-order valence-corrected chi connectivity index (χ2v) is 6.79. The molecule has 6 heteroatoms. The zero-order chi connectivity index (χ0) is 16.4.